The Kier molecular flexibility index (Phi) is 7.17. The molecule has 6 heteroatoms. The van der Waals surface area contributed by atoms with E-state index in [4.69, 9.17) is 17.0 Å². The number of carbonyl (C=O) groups is 1. The van der Waals surface area contributed by atoms with Crippen molar-refractivity contribution in [1.29, 1.82) is 0 Å². The van der Waals surface area contributed by atoms with Crippen LogP contribution in [-0.4, -0.2) is 17.6 Å². The molecule has 0 aliphatic rings. The third-order valence-electron chi connectivity index (χ3n) is 3.74. The lowest BCUT2D eigenvalue weighted by atomic mass is 10.1. The van der Waals surface area contributed by atoms with E-state index in [1.807, 2.05) is 32.0 Å². The molecule has 2 aromatic carbocycles. The molecule has 0 radical (unpaired) electrons. The number of ether oxygens (including phenoxy) is 1. The van der Waals surface area contributed by atoms with Gasteiger partial charge in [-0.1, -0.05) is 19.9 Å². The monoisotopic (exact) mass is 434 g/mol. The average molecular weight is 435 g/mol. The summed E-state index contributed by atoms with van der Waals surface area (Å²) in [5.74, 6) is 0.806. The molecule has 0 saturated heterocycles. The van der Waals surface area contributed by atoms with Crippen LogP contribution < -0.4 is 15.4 Å². The van der Waals surface area contributed by atoms with Gasteiger partial charge in [-0.25, -0.2) is 0 Å². The molecule has 26 heavy (non-hydrogen) atoms. The first-order valence-electron chi connectivity index (χ1n) is 8.38. The average Bonchev–Trinajstić information content (AvgIpc) is 2.58. The van der Waals surface area contributed by atoms with E-state index in [9.17, 15) is 4.79 Å². The lowest BCUT2D eigenvalue weighted by Crippen LogP contribution is -2.34. The van der Waals surface area contributed by atoms with Gasteiger partial charge in [0.25, 0.3) is 5.91 Å². The molecular formula is C20H23BrN2O2S. The number of thiocarbonyl (C=S) groups is 1. The highest BCUT2D eigenvalue weighted by molar-refractivity contribution is 9.10. The fraction of sp³-hybridized carbons (Fsp3) is 0.300. The Morgan fingerprint density at radius 2 is 1.88 bits per heavy atom. The summed E-state index contributed by atoms with van der Waals surface area (Å²) in [5, 5.41) is 6.00. The number of benzene rings is 2. The summed E-state index contributed by atoms with van der Waals surface area (Å²) in [5.41, 5.74) is 3.62. The molecule has 0 unspecified atom stereocenters. The predicted octanol–water partition coefficient (Wildman–Crippen LogP) is 5.23. The third-order valence-corrected chi connectivity index (χ3v) is 4.60. The van der Waals surface area contributed by atoms with Crippen LogP contribution in [0, 0.1) is 19.8 Å². The number of hydrogen-bond acceptors (Lipinski definition) is 3. The number of amides is 1. The Labute approximate surface area is 168 Å². The van der Waals surface area contributed by atoms with Gasteiger partial charge in [-0.05, 0) is 89.4 Å². The molecule has 0 saturated carbocycles. The minimum Gasteiger partial charge on any atom is -0.493 e. The molecule has 138 valence electrons. The van der Waals surface area contributed by atoms with Crippen molar-refractivity contribution >= 4 is 44.9 Å². The number of rotatable bonds is 5. The molecular weight excluding hydrogens is 412 g/mol. The summed E-state index contributed by atoms with van der Waals surface area (Å²) in [6.07, 6.45) is 0. The number of carbonyl (C=O) groups excluding carboxylic acids is 1. The van der Waals surface area contributed by atoms with Crippen LogP contribution in [0.1, 0.15) is 35.3 Å². The third kappa shape index (κ3) is 5.81. The van der Waals surface area contributed by atoms with Gasteiger partial charge in [-0.3, -0.25) is 10.1 Å². The second-order valence-corrected chi connectivity index (χ2v) is 7.82. The maximum Gasteiger partial charge on any atom is 0.257 e. The number of anilines is 1. The van der Waals surface area contributed by atoms with Crippen LogP contribution in [0.25, 0.3) is 0 Å². The van der Waals surface area contributed by atoms with Crippen molar-refractivity contribution < 1.29 is 9.53 Å². The lowest BCUT2D eigenvalue weighted by Gasteiger charge is -2.13. The fourth-order valence-corrected chi connectivity index (χ4v) is 2.96. The first-order valence-corrected chi connectivity index (χ1v) is 9.58. The highest BCUT2D eigenvalue weighted by atomic mass is 79.9. The molecule has 0 bridgehead atoms. The zero-order valence-electron chi connectivity index (χ0n) is 15.4. The Hall–Kier alpha value is -1.92. The SMILES string of the molecule is Cc1cc(Br)c(NC(=S)NC(=O)c2cccc(OCC(C)C)c2)cc1C. The summed E-state index contributed by atoms with van der Waals surface area (Å²) < 4.78 is 6.55. The quantitative estimate of drug-likeness (QED) is 0.632. The molecule has 2 aromatic rings. The molecule has 0 heterocycles. The van der Waals surface area contributed by atoms with E-state index in [1.165, 1.54) is 5.56 Å². The topological polar surface area (TPSA) is 50.4 Å². The van der Waals surface area contributed by atoms with Crippen LogP contribution in [0.2, 0.25) is 0 Å². The minimum atomic E-state index is -0.280. The van der Waals surface area contributed by atoms with Crippen molar-refractivity contribution in [2.24, 2.45) is 5.92 Å². The van der Waals surface area contributed by atoms with E-state index in [2.05, 4.69) is 40.4 Å². The Morgan fingerprint density at radius 1 is 1.19 bits per heavy atom. The van der Waals surface area contributed by atoms with Crippen LogP contribution in [0.15, 0.2) is 40.9 Å². The van der Waals surface area contributed by atoms with Gasteiger partial charge >= 0.3 is 0 Å². The van der Waals surface area contributed by atoms with Gasteiger partial charge < -0.3 is 10.1 Å². The summed E-state index contributed by atoms with van der Waals surface area (Å²) >= 11 is 8.78. The van der Waals surface area contributed by atoms with E-state index in [-0.39, 0.29) is 11.0 Å². The summed E-state index contributed by atoms with van der Waals surface area (Å²) in [6.45, 7) is 8.82. The molecule has 0 aromatic heterocycles. The number of halogens is 1. The zero-order chi connectivity index (χ0) is 19.3. The van der Waals surface area contributed by atoms with Crippen LogP contribution in [-0.2, 0) is 0 Å². The van der Waals surface area contributed by atoms with Gasteiger partial charge in [-0.15, -0.1) is 0 Å². The van der Waals surface area contributed by atoms with Crippen LogP contribution in [0.5, 0.6) is 5.75 Å². The van der Waals surface area contributed by atoms with Crippen molar-refractivity contribution in [3.8, 4) is 5.75 Å². The standard InChI is InChI=1S/C20H23BrN2O2S/c1-12(2)11-25-16-7-5-6-15(10-16)19(24)23-20(26)22-18-9-14(4)13(3)8-17(18)21/h5-10,12H,11H2,1-4H3,(H2,22,23,24,26). The van der Waals surface area contributed by atoms with Crippen molar-refractivity contribution in [1.82, 2.24) is 5.32 Å². The Bertz CT molecular complexity index is 821. The van der Waals surface area contributed by atoms with Gasteiger partial charge in [0, 0.05) is 10.0 Å². The molecule has 0 aliphatic carbocycles. The molecule has 4 nitrogen and oxygen atoms in total. The van der Waals surface area contributed by atoms with Gasteiger partial charge in [0.05, 0.1) is 12.3 Å². The van der Waals surface area contributed by atoms with Crippen LogP contribution in [0.4, 0.5) is 5.69 Å². The van der Waals surface area contributed by atoms with Crippen molar-refractivity contribution in [2.45, 2.75) is 27.7 Å². The Morgan fingerprint density at radius 3 is 2.58 bits per heavy atom. The maximum atomic E-state index is 12.4. The van der Waals surface area contributed by atoms with Gasteiger partial charge in [0.15, 0.2) is 5.11 Å². The summed E-state index contributed by atoms with van der Waals surface area (Å²) in [7, 11) is 0. The molecule has 0 spiro atoms. The summed E-state index contributed by atoms with van der Waals surface area (Å²) in [6, 6.07) is 11.1. The second-order valence-electron chi connectivity index (χ2n) is 6.56. The first kappa shape index (κ1) is 20.4. The van der Waals surface area contributed by atoms with Crippen molar-refractivity contribution in [2.75, 3.05) is 11.9 Å². The normalized spacial score (nSPS) is 10.5. The van der Waals surface area contributed by atoms with E-state index in [0.29, 0.717) is 23.8 Å². The van der Waals surface area contributed by atoms with E-state index in [0.717, 1.165) is 15.7 Å². The molecule has 0 aliphatic heterocycles. The van der Waals surface area contributed by atoms with Gasteiger partial charge in [-0.2, -0.15) is 0 Å². The number of aryl methyl sites for hydroxylation is 2. The lowest BCUT2D eigenvalue weighted by molar-refractivity contribution is 0.0977. The van der Waals surface area contributed by atoms with Crippen molar-refractivity contribution in [3.05, 3.63) is 57.6 Å². The van der Waals surface area contributed by atoms with E-state index in [1.54, 1.807) is 18.2 Å². The first-order chi connectivity index (χ1) is 12.3. The van der Waals surface area contributed by atoms with Gasteiger partial charge in [0.2, 0.25) is 0 Å². The minimum absolute atomic E-state index is 0.243. The van der Waals surface area contributed by atoms with E-state index < -0.39 is 0 Å². The molecule has 2 rings (SSSR count). The Balaban J connectivity index is 2.02. The van der Waals surface area contributed by atoms with Gasteiger partial charge in [0.1, 0.15) is 5.75 Å². The maximum absolute atomic E-state index is 12.4. The van der Waals surface area contributed by atoms with Crippen LogP contribution >= 0.6 is 28.1 Å². The molecule has 0 atom stereocenters. The highest BCUT2D eigenvalue weighted by Crippen LogP contribution is 2.26. The smallest absolute Gasteiger partial charge is 0.257 e. The zero-order valence-corrected chi connectivity index (χ0v) is 17.8. The molecule has 2 N–H and O–H groups in total. The van der Waals surface area contributed by atoms with Crippen molar-refractivity contribution in [3.63, 3.8) is 0 Å². The predicted molar refractivity (Wildman–Crippen MR) is 114 cm³/mol. The fourth-order valence-electron chi connectivity index (χ4n) is 2.20. The molecule has 0 fully saturated rings. The van der Waals surface area contributed by atoms with Crippen LogP contribution in [0.3, 0.4) is 0 Å². The number of nitrogens with one attached hydrogen (secondary N) is 2. The van der Waals surface area contributed by atoms with E-state index >= 15 is 0 Å². The summed E-state index contributed by atoms with van der Waals surface area (Å²) in [4.78, 5) is 12.4. The molecule has 1 amide bonds. The second kappa shape index (κ2) is 9.14. The largest absolute Gasteiger partial charge is 0.493 e. The highest BCUT2D eigenvalue weighted by Gasteiger charge is 2.11. The number of hydrogen-bond donors (Lipinski definition) is 2.